The lowest BCUT2D eigenvalue weighted by Gasteiger charge is -2.35. The van der Waals surface area contributed by atoms with Gasteiger partial charge in [0.05, 0.1) is 5.69 Å². The highest BCUT2D eigenvalue weighted by Gasteiger charge is 2.25. The van der Waals surface area contributed by atoms with Crippen LogP contribution in [0.4, 0.5) is 5.82 Å². The van der Waals surface area contributed by atoms with E-state index in [4.69, 9.17) is 11.6 Å². The highest BCUT2D eigenvalue weighted by molar-refractivity contribution is 6.30. The van der Waals surface area contributed by atoms with Crippen LogP contribution in [-0.4, -0.2) is 61.9 Å². The summed E-state index contributed by atoms with van der Waals surface area (Å²) >= 11 is 5.99. The van der Waals surface area contributed by atoms with Crippen molar-refractivity contribution in [3.63, 3.8) is 0 Å². The fourth-order valence-electron chi connectivity index (χ4n) is 3.81. The van der Waals surface area contributed by atoms with Gasteiger partial charge in [-0.1, -0.05) is 34.5 Å². The number of benzene rings is 2. The second-order valence-corrected chi connectivity index (χ2v) is 7.93. The molecule has 9 heteroatoms. The summed E-state index contributed by atoms with van der Waals surface area (Å²) in [5.74, 6) is 0.790. The predicted molar refractivity (Wildman–Crippen MR) is 119 cm³/mol. The van der Waals surface area contributed by atoms with Crippen molar-refractivity contribution >= 4 is 34.5 Å². The molecule has 8 nitrogen and oxygen atoms in total. The van der Waals surface area contributed by atoms with Gasteiger partial charge in [-0.2, -0.15) is 4.68 Å². The van der Waals surface area contributed by atoms with Crippen molar-refractivity contribution in [1.29, 1.82) is 0 Å². The van der Waals surface area contributed by atoms with E-state index in [0.29, 0.717) is 42.4 Å². The molecule has 5 rings (SSSR count). The summed E-state index contributed by atoms with van der Waals surface area (Å²) in [6.07, 6.45) is 1.53. The second kappa shape index (κ2) is 7.96. The van der Waals surface area contributed by atoms with E-state index < -0.39 is 0 Å². The maximum absolute atomic E-state index is 12.8. The number of hydrogen-bond acceptors (Lipinski definition) is 6. The number of carbonyl (C=O) groups excluding carboxylic acids is 1. The average molecular weight is 434 g/mol. The smallest absolute Gasteiger partial charge is 0.253 e. The first kappa shape index (κ1) is 19.4. The monoisotopic (exact) mass is 433 g/mol. The number of hydrogen-bond donors (Lipinski definition) is 0. The summed E-state index contributed by atoms with van der Waals surface area (Å²) in [5, 5.41) is 9.26. The van der Waals surface area contributed by atoms with Crippen molar-refractivity contribution in [3.8, 4) is 5.69 Å². The van der Waals surface area contributed by atoms with Crippen molar-refractivity contribution in [2.45, 2.75) is 6.92 Å². The number of fused-ring (bicyclic) bond motifs is 1. The van der Waals surface area contributed by atoms with Gasteiger partial charge in [0.1, 0.15) is 6.33 Å². The van der Waals surface area contributed by atoms with Gasteiger partial charge in [0.2, 0.25) is 0 Å². The van der Waals surface area contributed by atoms with Crippen molar-refractivity contribution in [1.82, 2.24) is 29.9 Å². The Labute approximate surface area is 184 Å². The Hall–Kier alpha value is -3.52. The van der Waals surface area contributed by atoms with E-state index in [2.05, 4.69) is 25.2 Å². The summed E-state index contributed by atoms with van der Waals surface area (Å²) in [4.78, 5) is 25.7. The molecule has 4 aromatic rings. The Kier molecular flexibility index (Phi) is 4.99. The molecule has 0 radical (unpaired) electrons. The molecular weight excluding hydrogens is 414 g/mol. The fraction of sp³-hybridized carbons (Fsp3) is 0.227. The van der Waals surface area contributed by atoms with Crippen molar-refractivity contribution in [2.24, 2.45) is 0 Å². The molecular formula is C22H20ClN7O. The minimum atomic E-state index is 0.0601. The quantitative estimate of drug-likeness (QED) is 0.494. The van der Waals surface area contributed by atoms with Crippen LogP contribution in [0.2, 0.25) is 5.02 Å². The lowest BCUT2D eigenvalue weighted by molar-refractivity contribution is 0.0746. The molecule has 156 valence electrons. The molecule has 1 aliphatic rings. The Morgan fingerprint density at radius 2 is 1.77 bits per heavy atom. The molecule has 31 heavy (non-hydrogen) atoms. The highest BCUT2D eigenvalue weighted by atomic mass is 35.5. The molecule has 0 bridgehead atoms. The van der Waals surface area contributed by atoms with E-state index in [0.717, 1.165) is 22.6 Å². The average Bonchev–Trinajstić information content (AvgIpc) is 3.23. The number of rotatable bonds is 3. The Balaban J connectivity index is 1.36. The minimum Gasteiger partial charge on any atom is -0.351 e. The Morgan fingerprint density at radius 1 is 1.00 bits per heavy atom. The number of amides is 1. The normalized spacial score (nSPS) is 14.3. The fourth-order valence-corrected chi connectivity index (χ4v) is 3.93. The number of nitrogens with zero attached hydrogens (tertiary/aromatic N) is 7. The largest absolute Gasteiger partial charge is 0.351 e. The summed E-state index contributed by atoms with van der Waals surface area (Å²) in [6.45, 7) is 4.55. The van der Waals surface area contributed by atoms with Crippen molar-refractivity contribution in [2.75, 3.05) is 31.1 Å². The zero-order valence-corrected chi connectivity index (χ0v) is 17.7. The van der Waals surface area contributed by atoms with Crippen molar-refractivity contribution < 1.29 is 4.79 Å². The second-order valence-electron chi connectivity index (χ2n) is 7.50. The molecule has 0 unspecified atom stereocenters. The third-order valence-corrected chi connectivity index (χ3v) is 5.67. The van der Waals surface area contributed by atoms with E-state index in [9.17, 15) is 4.79 Å². The van der Waals surface area contributed by atoms with Crippen LogP contribution in [0.3, 0.4) is 0 Å². The Bertz CT molecular complexity index is 1250. The van der Waals surface area contributed by atoms with Gasteiger partial charge in [-0.25, -0.2) is 9.97 Å². The van der Waals surface area contributed by atoms with Crippen LogP contribution in [0.5, 0.6) is 0 Å². The van der Waals surface area contributed by atoms with E-state index in [1.165, 1.54) is 6.33 Å². The van der Waals surface area contributed by atoms with E-state index in [1.54, 1.807) is 16.8 Å². The third-order valence-electron chi connectivity index (χ3n) is 5.42. The van der Waals surface area contributed by atoms with Crippen LogP contribution in [0, 0.1) is 6.92 Å². The third kappa shape index (κ3) is 3.70. The zero-order valence-electron chi connectivity index (χ0n) is 16.9. The first-order chi connectivity index (χ1) is 15.1. The maximum Gasteiger partial charge on any atom is 0.253 e. The van der Waals surface area contributed by atoms with Crippen LogP contribution in [0.1, 0.15) is 15.9 Å². The van der Waals surface area contributed by atoms with Crippen LogP contribution < -0.4 is 4.90 Å². The van der Waals surface area contributed by atoms with Gasteiger partial charge in [0.25, 0.3) is 5.91 Å². The molecule has 1 fully saturated rings. The van der Waals surface area contributed by atoms with Crippen LogP contribution in [0.25, 0.3) is 16.9 Å². The van der Waals surface area contributed by atoms with Crippen molar-refractivity contribution in [3.05, 3.63) is 71.0 Å². The van der Waals surface area contributed by atoms with Crippen LogP contribution >= 0.6 is 11.6 Å². The van der Waals surface area contributed by atoms with Gasteiger partial charge in [-0.15, -0.1) is 5.10 Å². The van der Waals surface area contributed by atoms with E-state index >= 15 is 0 Å². The summed E-state index contributed by atoms with van der Waals surface area (Å²) < 4.78 is 1.67. The number of piperazine rings is 1. The number of anilines is 1. The number of aryl methyl sites for hydroxylation is 1. The lowest BCUT2D eigenvalue weighted by Crippen LogP contribution is -2.49. The molecule has 1 amide bonds. The van der Waals surface area contributed by atoms with Gasteiger partial charge >= 0.3 is 0 Å². The van der Waals surface area contributed by atoms with Gasteiger partial charge in [0.15, 0.2) is 17.0 Å². The first-order valence-electron chi connectivity index (χ1n) is 10.0. The van der Waals surface area contributed by atoms with E-state index in [1.807, 2.05) is 48.2 Å². The molecule has 3 heterocycles. The lowest BCUT2D eigenvalue weighted by atomic mass is 10.1. The maximum atomic E-state index is 12.8. The Morgan fingerprint density at radius 3 is 2.52 bits per heavy atom. The molecule has 0 spiro atoms. The topological polar surface area (TPSA) is 80.0 Å². The van der Waals surface area contributed by atoms with Crippen LogP contribution in [-0.2, 0) is 0 Å². The molecule has 0 atom stereocenters. The summed E-state index contributed by atoms with van der Waals surface area (Å²) in [6, 6.07) is 15.0. The van der Waals surface area contributed by atoms with E-state index in [-0.39, 0.29) is 5.91 Å². The SMILES string of the molecule is Cc1cccc(C(=O)N2CCN(c3ncnc4c3nnn4-c3ccc(Cl)cc3)CC2)c1. The standard InChI is InChI=1S/C22H20ClN7O/c1-15-3-2-4-16(13-15)22(31)29-11-9-28(10-12-29)20-19-21(25-14-24-20)30(27-26-19)18-7-5-17(23)6-8-18/h2-8,13-14H,9-12H2,1H3. The predicted octanol–water partition coefficient (Wildman–Crippen LogP) is 3.13. The van der Waals surface area contributed by atoms with Gasteiger partial charge in [-0.05, 0) is 43.3 Å². The molecule has 0 saturated carbocycles. The number of carbonyl (C=O) groups is 1. The molecule has 0 aliphatic carbocycles. The zero-order chi connectivity index (χ0) is 21.4. The highest BCUT2D eigenvalue weighted by Crippen LogP contribution is 2.24. The minimum absolute atomic E-state index is 0.0601. The molecule has 0 N–H and O–H groups in total. The molecule has 1 aliphatic heterocycles. The number of halogens is 1. The first-order valence-corrected chi connectivity index (χ1v) is 10.4. The van der Waals surface area contributed by atoms with Gasteiger partial charge in [0, 0.05) is 36.8 Å². The molecule has 2 aromatic carbocycles. The molecule has 1 saturated heterocycles. The summed E-state index contributed by atoms with van der Waals surface area (Å²) in [5.41, 5.74) is 3.90. The number of aromatic nitrogens is 5. The molecule has 2 aromatic heterocycles. The van der Waals surface area contributed by atoms with Crippen LogP contribution in [0.15, 0.2) is 54.9 Å². The van der Waals surface area contributed by atoms with Gasteiger partial charge in [-0.3, -0.25) is 4.79 Å². The van der Waals surface area contributed by atoms with Gasteiger partial charge < -0.3 is 9.80 Å². The summed E-state index contributed by atoms with van der Waals surface area (Å²) in [7, 11) is 0.